The number of rotatable bonds is 7. The van der Waals surface area contributed by atoms with Gasteiger partial charge < -0.3 is 10.6 Å². The summed E-state index contributed by atoms with van der Waals surface area (Å²) < 4.78 is 22.7. The minimum Gasteiger partial charge on any atom is -0.357 e. The molecule has 24 heavy (non-hydrogen) atoms. The maximum Gasteiger partial charge on any atom is 0.191 e. The highest BCUT2D eigenvalue weighted by atomic mass is 127. The van der Waals surface area contributed by atoms with Crippen LogP contribution >= 0.6 is 24.0 Å². The molecule has 0 aliphatic heterocycles. The van der Waals surface area contributed by atoms with Gasteiger partial charge in [0.15, 0.2) is 15.8 Å². The topological polar surface area (TPSA) is 70.6 Å². The highest BCUT2D eigenvalue weighted by molar-refractivity contribution is 14.0. The van der Waals surface area contributed by atoms with Gasteiger partial charge >= 0.3 is 0 Å². The number of halogens is 1. The highest BCUT2D eigenvalue weighted by Crippen LogP contribution is 2.13. The lowest BCUT2D eigenvalue weighted by Gasteiger charge is -2.24. The normalized spacial score (nSPS) is 12.5. The van der Waals surface area contributed by atoms with Gasteiger partial charge in [0.2, 0.25) is 0 Å². The molecule has 0 atom stereocenters. The number of aryl methyl sites for hydroxylation is 1. The van der Waals surface area contributed by atoms with Crippen molar-refractivity contribution in [1.82, 2.24) is 10.6 Å². The van der Waals surface area contributed by atoms with Crippen LogP contribution in [0.15, 0.2) is 29.3 Å². The van der Waals surface area contributed by atoms with E-state index in [4.69, 9.17) is 0 Å². The van der Waals surface area contributed by atoms with Crippen molar-refractivity contribution in [3.63, 3.8) is 0 Å². The van der Waals surface area contributed by atoms with Crippen LogP contribution in [-0.2, 0) is 22.8 Å². The van der Waals surface area contributed by atoms with Gasteiger partial charge in [0, 0.05) is 19.3 Å². The largest absolute Gasteiger partial charge is 0.357 e. The third-order valence-electron chi connectivity index (χ3n) is 3.94. The maximum absolute atomic E-state index is 11.8. The van der Waals surface area contributed by atoms with Crippen molar-refractivity contribution in [2.45, 2.75) is 45.4 Å². The van der Waals surface area contributed by atoms with Gasteiger partial charge in [-0.05, 0) is 38.3 Å². The lowest BCUT2D eigenvalue weighted by molar-refractivity contribution is 0.544. The Morgan fingerprint density at radius 3 is 2.21 bits per heavy atom. The predicted molar refractivity (Wildman–Crippen MR) is 113 cm³/mol. The van der Waals surface area contributed by atoms with Gasteiger partial charge in [-0.1, -0.05) is 31.2 Å². The quantitative estimate of drug-likeness (QED) is 0.368. The summed E-state index contributed by atoms with van der Waals surface area (Å²) in [5.41, 5.74) is 2.47. The molecule has 0 aliphatic rings. The molecule has 5 nitrogen and oxygen atoms in total. The van der Waals surface area contributed by atoms with Gasteiger partial charge in [-0.25, -0.2) is 13.4 Å². The molecule has 7 heteroatoms. The smallest absolute Gasteiger partial charge is 0.191 e. The molecule has 0 aliphatic carbocycles. The van der Waals surface area contributed by atoms with Gasteiger partial charge in [-0.2, -0.15) is 0 Å². The Bertz CT molecular complexity index is 643. The number of benzene rings is 1. The van der Waals surface area contributed by atoms with Gasteiger partial charge in [0.05, 0.1) is 11.3 Å². The van der Waals surface area contributed by atoms with Crippen molar-refractivity contribution in [3.8, 4) is 0 Å². The lowest BCUT2D eigenvalue weighted by atomic mass is 10.1. The molecule has 0 aromatic heterocycles. The summed E-state index contributed by atoms with van der Waals surface area (Å²) in [6, 6.07) is 8.23. The monoisotopic (exact) mass is 467 g/mol. The van der Waals surface area contributed by atoms with Crippen LogP contribution in [0.2, 0.25) is 0 Å². The number of hydrogen-bond acceptors (Lipinski definition) is 3. The summed E-state index contributed by atoms with van der Waals surface area (Å²) >= 11 is 0. The van der Waals surface area contributed by atoms with Crippen LogP contribution in [0.1, 0.15) is 38.8 Å². The number of aliphatic imine (C=N–C) groups is 1. The molecule has 0 amide bonds. The molecule has 2 N–H and O–H groups in total. The maximum atomic E-state index is 11.8. The number of nitrogens with zero attached hydrogens (tertiary/aromatic N) is 1. The van der Waals surface area contributed by atoms with Crippen LogP contribution in [0.4, 0.5) is 0 Å². The molecule has 0 heterocycles. The average Bonchev–Trinajstić information content (AvgIpc) is 2.49. The third-order valence-corrected chi connectivity index (χ3v) is 6.09. The average molecular weight is 467 g/mol. The molecule has 1 rings (SSSR count). The second-order valence-corrected chi connectivity index (χ2v) is 8.85. The first-order valence-electron chi connectivity index (χ1n) is 7.99. The number of nitrogens with one attached hydrogen (secondary N) is 2. The predicted octanol–water partition coefficient (Wildman–Crippen LogP) is 2.75. The first-order chi connectivity index (χ1) is 10.7. The number of hydrogen-bond donors (Lipinski definition) is 2. The minimum absolute atomic E-state index is 0. The zero-order valence-electron chi connectivity index (χ0n) is 15.2. The molecule has 0 saturated carbocycles. The van der Waals surface area contributed by atoms with Crippen molar-refractivity contribution in [1.29, 1.82) is 0 Å². The van der Waals surface area contributed by atoms with Crippen molar-refractivity contribution in [2.75, 3.05) is 19.3 Å². The molecule has 0 radical (unpaired) electrons. The molecule has 0 fully saturated rings. The first-order valence-corrected chi connectivity index (χ1v) is 9.89. The van der Waals surface area contributed by atoms with E-state index >= 15 is 0 Å². The van der Waals surface area contributed by atoms with E-state index in [0.717, 1.165) is 13.0 Å². The summed E-state index contributed by atoms with van der Waals surface area (Å²) in [5, 5.41) is 6.29. The van der Waals surface area contributed by atoms with Crippen LogP contribution in [0.25, 0.3) is 0 Å². The minimum atomic E-state index is -3.14. The Morgan fingerprint density at radius 1 is 1.12 bits per heavy atom. The van der Waals surface area contributed by atoms with E-state index in [1.807, 2.05) is 19.1 Å². The van der Waals surface area contributed by atoms with Crippen LogP contribution in [0.5, 0.6) is 0 Å². The van der Waals surface area contributed by atoms with E-state index in [9.17, 15) is 8.42 Å². The van der Waals surface area contributed by atoms with Gasteiger partial charge in [0.25, 0.3) is 0 Å². The fourth-order valence-corrected chi connectivity index (χ4v) is 2.32. The Balaban J connectivity index is 0.00000529. The highest BCUT2D eigenvalue weighted by Gasteiger charge is 2.30. The van der Waals surface area contributed by atoms with Crippen LogP contribution < -0.4 is 10.6 Å². The van der Waals surface area contributed by atoms with E-state index < -0.39 is 14.6 Å². The second kappa shape index (κ2) is 10.2. The zero-order valence-corrected chi connectivity index (χ0v) is 18.4. The fraction of sp³-hybridized carbons (Fsp3) is 0.588. The fourth-order valence-electron chi connectivity index (χ4n) is 1.99. The summed E-state index contributed by atoms with van der Waals surface area (Å²) in [5.74, 6) is 0.634. The lowest BCUT2D eigenvalue weighted by Crippen LogP contribution is -2.47. The van der Waals surface area contributed by atoms with E-state index in [2.05, 4.69) is 34.7 Å². The standard InChI is InChI=1S/C17H29N3O2S.HI/c1-6-14-10-8-9-11-15(14)12-19-16(18-7-2)20-13-17(3,4)23(5,21)22;/h8-11H,6-7,12-13H2,1-5H3,(H2,18,19,20);1H. The van der Waals surface area contributed by atoms with Gasteiger partial charge in [-0.3, -0.25) is 0 Å². The summed E-state index contributed by atoms with van der Waals surface area (Å²) in [6.45, 7) is 9.14. The Labute approximate surface area is 163 Å². The van der Waals surface area contributed by atoms with E-state index in [1.165, 1.54) is 17.4 Å². The van der Waals surface area contributed by atoms with E-state index in [1.54, 1.807) is 13.8 Å². The Hall–Kier alpha value is -0.830. The van der Waals surface area contributed by atoms with Crippen molar-refractivity contribution in [3.05, 3.63) is 35.4 Å². The molecular formula is C17H30IN3O2S. The SMILES string of the molecule is CCNC(=NCc1ccccc1CC)NCC(C)(C)S(C)(=O)=O.I. The number of guanidine groups is 1. The molecule has 0 saturated heterocycles. The summed E-state index contributed by atoms with van der Waals surface area (Å²) in [7, 11) is -3.14. The van der Waals surface area contributed by atoms with Crippen LogP contribution in [-0.4, -0.2) is 38.5 Å². The van der Waals surface area contributed by atoms with Crippen molar-refractivity contribution < 1.29 is 8.42 Å². The van der Waals surface area contributed by atoms with Gasteiger partial charge in [-0.15, -0.1) is 24.0 Å². The summed E-state index contributed by atoms with van der Waals surface area (Å²) in [4.78, 5) is 4.58. The third kappa shape index (κ3) is 6.96. The zero-order chi connectivity index (χ0) is 17.5. The van der Waals surface area contributed by atoms with Crippen LogP contribution in [0, 0.1) is 0 Å². The molecule has 1 aromatic rings. The molecule has 138 valence electrons. The number of sulfone groups is 1. The molecule has 1 aromatic carbocycles. The second-order valence-electron chi connectivity index (χ2n) is 6.20. The first kappa shape index (κ1) is 23.2. The Morgan fingerprint density at radius 2 is 1.71 bits per heavy atom. The van der Waals surface area contributed by atoms with Crippen molar-refractivity contribution in [2.24, 2.45) is 4.99 Å². The van der Waals surface area contributed by atoms with E-state index in [0.29, 0.717) is 19.0 Å². The van der Waals surface area contributed by atoms with E-state index in [-0.39, 0.29) is 24.0 Å². The summed E-state index contributed by atoms with van der Waals surface area (Å²) in [6.07, 6.45) is 2.23. The molecule has 0 bridgehead atoms. The Kier molecular flexibility index (Phi) is 9.87. The molecule has 0 spiro atoms. The molecular weight excluding hydrogens is 437 g/mol. The molecule has 0 unspecified atom stereocenters. The van der Waals surface area contributed by atoms with Gasteiger partial charge in [0.1, 0.15) is 0 Å². The van der Waals surface area contributed by atoms with Crippen LogP contribution in [0.3, 0.4) is 0 Å². The van der Waals surface area contributed by atoms with Crippen molar-refractivity contribution >= 4 is 39.8 Å².